The molecule has 2 aliphatic carbocycles. The summed E-state index contributed by atoms with van der Waals surface area (Å²) in [5.41, 5.74) is 0.952. The Balaban J connectivity index is 1.16. The maximum Gasteiger partial charge on any atom is 0.201 e. The number of allylic oxidation sites excluding steroid dienone is 2. The summed E-state index contributed by atoms with van der Waals surface area (Å²) in [6, 6.07) is 8.38. The molecule has 0 aliphatic heterocycles. The highest BCUT2D eigenvalue weighted by Crippen LogP contribution is 2.40. The van der Waals surface area contributed by atoms with Gasteiger partial charge in [0.25, 0.3) is 0 Å². The summed E-state index contributed by atoms with van der Waals surface area (Å²) < 4.78 is 98.8. The Morgan fingerprint density at radius 1 is 0.690 bits per heavy atom. The van der Waals surface area contributed by atoms with Crippen LogP contribution in [0.1, 0.15) is 74.5 Å². The molecule has 0 spiro atoms. The molecule has 3 aromatic carbocycles. The van der Waals surface area contributed by atoms with E-state index in [-0.39, 0.29) is 52.5 Å². The van der Waals surface area contributed by atoms with Crippen molar-refractivity contribution in [2.24, 2.45) is 5.92 Å². The minimum Gasteiger partial charge on any atom is -0.491 e. The van der Waals surface area contributed by atoms with E-state index in [2.05, 4.69) is 0 Å². The van der Waals surface area contributed by atoms with Crippen molar-refractivity contribution in [1.29, 1.82) is 0 Å². The van der Waals surface area contributed by atoms with Gasteiger partial charge in [0.2, 0.25) is 5.82 Å². The monoisotopic (exact) mass is 588 g/mol. The molecule has 0 saturated heterocycles. The van der Waals surface area contributed by atoms with Gasteiger partial charge in [-0.2, -0.15) is 4.39 Å². The molecule has 0 radical (unpaired) electrons. The molecule has 1 unspecified atom stereocenters. The van der Waals surface area contributed by atoms with Gasteiger partial charge in [-0.05, 0) is 99.5 Å². The Bertz CT molecular complexity index is 1480. The second kappa shape index (κ2) is 12.9. The largest absolute Gasteiger partial charge is 0.491 e. The lowest BCUT2D eigenvalue weighted by atomic mass is 9.81. The van der Waals surface area contributed by atoms with Gasteiger partial charge in [-0.15, -0.1) is 0 Å². The molecule has 0 bridgehead atoms. The van der Waals surface area contributed by atoms with Gasteiger partial charge in [-0.25, -0.2) is 22.0 Å². The van der Waals surface area contributed by atoms with Crippen LogP contribution in [-0.4, -0.2) is 19.3 Å². The number of hydrogen-bond donors (Lipinski definition) is 0. The summed E-state index contributed by atoms with van der Waals surface area (Å²) in [5.74, 6) is -6.58. The first-order valence-electron chi connectivity index (χ1n) is 14.5. The van der Waals surface area contributed by atoms with E-state index in [1.54, 1.807) is 26.0 Å². The van der Waals surface area contributed by atoms with Crippen molar-refractivity contribution in [1.82, 2.24) is 0 Å². The van der Waals surface area contributed by atoms with Crippen LogP contribution >= 0.6 is 0 Å². The fourth-order valence-electron chi connectivity index (χ4n) is 6.09. The van der Waals surface area contributed by atoms with Gasteiger partial charge >= 0.3 is 0 Å². The first kappa shape index (κ1) is 30.2. The third-order valence-electron chi connectivity index (χ3n) is 8.57. The predicted molar refractivity (Wildman–Crippen MR) is 150 cm³/mol. The minimum absolute atomic E-state index is 0.00312. The summed E-state index contributed by atoms with van der Waals surface area (Å²) in [6.07, 6.45) is 6.75. The molecule has 8 heteroatoms. The summed E-state index contributed by atoms with van der Waals surface area (Å²) in [7, 11) is 0. The number of aryl methyl sites for hydroxylation is 1. The third-order valence-corrected chi connectivity index (χ3v) is 8.57. The van der Waals surface area contributed by atoms with E-state index in [0.717, 1.165) is 18.4 Å². The Morgan fingerprint density at radius 3 is 2.00 bits per heavy atom. The van der Waals surface area contributed by atoms with Gasteiger partial charge in [0, 0.05) is 16.7 Å². The van der Waals surface area contributed by atoms with Gasteiger partial charge < -0.3 is 9.47 Å². The number of halogens is 6. The average Bonchev–Trinajstić information content (AvgIpc) is 3.00. The molecule has 224 valence electrons. The Hall–Kier alpha value is -3.26. The first-order chi connectivity index (χ1) is 20.2. The molecule has 0 N–H and O–H groups in total. The smallest absolute Gasteiger partial charge is 0.201 e. The van der Waals surface area contributed by atoms with E-state index >= 15 is 8.78 Å². The van der Waals surface area contributed by atoms with E-state index < -0.39 is 34.9 Å². The molecule has 1 fully saturated rings. The van der Waals surface area contributed by atoms with Crippen LogP contribution < -0.4 is 4.74 Å². The molecule has 3 aromatic rings. The van der Waals surface area contributed by atoms with Crippen LogP contribution in [0.25, 0.3) is 16.7 Å². The average molecular weight is 589 g/mol. The van der Waals surface area contributed by atoms with Crippen molar-refractivity contribution < 1.29 is 35.8 Å². The Morgan fingerprint density at radius 2 is 1.33 bits per heavy atom. The van der Waals surface area contributed by atoms with Crippen molar-refractivity contribution in [3.8, 4) is 16.9 Å². The second-order valence-electron chi connectivity index (χ2n) is 11.2. The fraction of sp³-hybridized carbons (Fsp3) is 0.412. The highest BCUT2D eigenvalue weighted by Gasteiger charge is 2.29. The van der Waals surface area contributed by atoms with Crippen molar-refractivity contribution in [2.75, 3.05) is 13.2 Å². The molecule has 5 rings (SSSR count). The van der Waals surface area contributed by atoms with Crippen LogP contribution in [0.3, 0.4) is 0 Å². The van der Waals surface area contributed by atoms with E-state index in [1.165, 1.54) is 24.3 Å². The summed E-state index contributed by atoms with van der Waals surface area (Å²) >= 11 is 0. The van der Waals surface area contributed by atoms with Gasteiger partial charge in [0.05, 0.1) is 19.3 Å². The van der Waals surface area contributed by atoms with Crippen LogP contribution in [0.15, 0.2) is 42.5 Å². The second-order valence-corrected chi connectivity index (χ2v) is 11.2. The summed E-state index contributed by atoms with van der Waals surface area (Å²) in [4.78, 5) is 0. The van der Waals surface area contributed by atoms with Crippen LogP contribution in [0.5, 0.6) is 5.75 Å². The number of benzene rings is 3. The summed E-state index contributed by atoms with van der Waals surface area (Å²) in [6.45, 7) is 3.86. The normalized spacial score (nSPS) is 20.9. The molecule has 1 atom stereocenters. The molecular weight excluding hydrogens is 554 g/mol. The molecule has 2 nitrogen and oxygen atoms in total. The zero-order valence-electron chi connectivity index (χ0n) is 23.7. The van der Waals surface area contributed by atoms with Crippen molar-refractivity contribution in [3.05, 3.63) is 94.1 Å². The van der Waals surface area contributed by atoms with E-state index in [4.69, 9.17) is 9.47 Å². The highest BCUT2D eigenvalue weighted by molar-refractivity contribution is 5.68. The zero-order chi connectivity index (χ0) is 30.0. The minimum atomic E-state index is -1.29. The maximum atomic E-state index is 15.2. The highest BCUT2D eigenvalue weighted by atomic mass is 19.2. The van der Waals surface area contributed by atoms with Crippen molar-refractivity contribution in [2.45, 2.75) is 70.8 Å². The predicted octanol–water partition coefficient (Wildman–Crippen LogP) is 9.82. The molecule has 0 heterocycles. The van der Waals surface area contributed by atoms with Crippen LogP contribution in [0, 0.1) is 47.7 Å². The quantitative estimate of drug-likeness (QED) is 0.244. The van der Waals surface area contributed by atoms with E-state index in [9.17, 15) is 17.6 Å². The van der Waals surface area contributed by atoms with Gasteiger partial charge in [0.15, 0.2) is 34.8 Å². The van der Waals surface area contributed by atoms with Gasteiger partial charge in [-0.3, -0.25) is 0 Å². The molecular formula is C34H34F6O2. The van der Waals surface area contributed by atoms with Gasteiger partial charge in [0.1, 0.15) is 0 Å². The van der Waals surface area contributed by atoms with Crippen molar-refractivity contribution in [3.63, 3.8) is 0 Å². The molecule has 0 amide bonds. The zero-order valence-corrected chi connectivity index (χ0v) is 23.7. The topological polar surface area (TPSA) is 18.5 Å². The Kier molecular flexibility index (Phi) is 9.31. The maximum absolute atomic E-state index is 15.2. The number of ether oxygens (including phenoxy) is 2. The van der Waals surface area contributed by atoms with Crippen molar-refractivity contribution >= 4 is 5.57 Å². The molecule has 1 saturated carbocycles. The number of rotatable bonds is 8. The lowest BCUT2D eigenvalue weighted by Gasteiger charge is -2.31. The fourth-order valence-corrected chi connectivity index (χ4v) is 6.09. The van der Waals surface area contributed by atoms with E-state index in [0.29, 0.717) is 44.3 Å². The van der Waals surface area contributed by atoms with Crippen LogP contribution in [-0.2, 0) is 4.74 Å². The SMILES string of the molecule is CCOc1ccc(-c2ccc(C3CCC(OCC4CC=C(c5ccc(C)c(F)c5F)CC4)CC3)c(F)c2F)c(F)c1F. The van der Waals surface area contributed by atoms with Crippen LogP contribution in [0.4, 0.5) is 26.3 Å². The first-order valence-corrected chi connectivity index (χ1v) is 14.5. The molecule has 2 aliphatic rings. The lowest BCUT2D eigenvalue weighted by Crippen LogP contribution is -2.24. The molecule has 42 heavy (non-hydrogen) atoms. The Labute approximate surface area is 242 Å². The van der Waals surface area contributed by atoms with Gasteiger partial charge in [-0.1, -0.05) is 30.3 Å². The molecule has 0 aromatic heterocycles. The van der Waals surface area contributed by atoms with E-state index in [1.807, 2.05) is 6.08 Å². The number of hydrogen-bond acceptors (Lipinski definition) is 2. The standard InChI is InChI=1S/C34H34F6O2/c1-3-41-28-17-16-27(33(39)34(28)40)26-15-14-25(31(37)32(26)38)22-9-11-23(12-10-22)42-18-20-5-7-21(8-6-20)24-13-4-19(2)29(35)30(24)36/h4,7,13-17,20,22-23H,3,5-6,8-12,18H2,1-2H3. The van der Waals surface area contributed by atoms with Crippen LogP contribution in [0.2, 0.25) is 0 Å². The lowest BCUT2D eigenvalue weighted by molar-refractivity contribution is 0.00322. The third kappa shape index (κ3) is 6.10. The summed E-state index contributed by atoms with van der Waals surface area (Å²) in [5, 5.41) is 0.